The number of rotatable bonds is 27. The maximum atomic E-state index is 13.9. The van der Waals surface area contributed by atoms with E-state index in [1.165, 1.54) is 179 Å². The van der Waals surface area contributed by atoms with Crippen molar-refractivity contribution in [3.63, 3.8) is 0 Å². The van der Waals surface area contributed by atoms with Gasteiger partial charge >= 0.3 is 0 Å². The fourth-order valence-corrected chi connectivity index (χ4v) is 11.9. The molecule has 0 saturated carbocycles. The number of thiazole rings is 1. The largest absolute Gasteiger partial charge is 0.481 e. The molecule has 0 radical (unpaired) electrons. The van der Waals surface area contributed by atoms with Gasteiger partial charge in [-0.1, -0.05) is 48.0 Å². The summed E-state index contributed by atoms with van der Waals surface area (Å²) in [7, 11) is 3.42. The Morgan fingerprint density at radius 1 is 0.407 bits per heavy atom. The fourth-order valence-electron chi connectivity index (χ4n) is 11.1. The second kappa shape index (κ2) is 43.5. The molecule has 26 nitrogen and oxygen atoms in total. The first kappa shape index (κ1) is 88.6. The van der Waals surface area contributed by atoms with Crippen molar-refractivity contribution >= 4 is 63.2 Å². The third-order valence-corrected chi connectivity index (χ3v) is 18.1. The summed E-state index contributed by atoms with van der Waals surface area (Å²) < 4.78 is 95.4. The monoisotopic (exact) mass is 1700 g/mol. The molecule has 0 N–H and O–H groups in total. The van der Waals surface area contributed by atoms with Crippen molar-refractivity contribution in [3.8, 4) is 51.9 Å². The van der Waals surface area contributed by atoms with E-state index in [9.17, 15) is 45.9 Å². The number of ketones is 5. The molecule has 15 rings (SSSR count). The molecule has 5 aromatic carbocycles. The van der Waals surface area contributed by atoms with E-state index in [1.54, 1.807) is 61.2 Å². The summed E-state index contributed by atoms with van der Waals surface area (Å²) in [5, 5.41) is 3.01. The number of carbonyl (C=O) groups excluding carboxylic acids is 5. The Bertz CT molecular complexity index is 6100. The lowest BCUT2D eigenvalue weighted by Crippen LogP contribution is -2.12. The second-order valence-electron chi connectivity index (χ2n) is 26.6. The van der Waals surface area contributed by atoms with E-state index in [0.717, 1.165) is 46.2 Å². The van der Waals surface area contributed by atoms with Crippen molar-refractivity contribution in [1.82, 2.24) is 74.8 Å². The number of halogens is 6. The van der Waals surface area contributed by atoms with Crippen molar-refractivity contribution < 1.29 is 69.6 Å². The maximum Gasteiger partial charge on any atom is 0.286 e. The lowest BCUT2D eigenvalue weighted by Gasteiger charge is -2.19. The molecular formula is C90H72ClF5N16O10S. The highest BCUT2D eigenvalue weighted by Gasteiger charge is 2.27. The molecule has 0 unspecified atom stereocenters. The topological polar surface area (TPSA) is 328 Å². The van der Waals surface area contributed by atoms with Crippen LogP contribution in [-0.2, 0) is 38.0 Å². The van der Waals surface area contributed by atoms with E-state index >= 15 is 0 Å². The van der Waals surface area contributed by atoms with Gasteiger partial charge in [-0.25, -0.2) is 73.0 Å². The molecule has 0 aliphatic rings. The van der Waals surface area contributed by atoms with Crippen LogP contribution in [0.25, 0.3) is 0 Å². The lowest BCUT2D eigenvalue weighted by molar-refractivity contribution is 0.0125. The number of methoxy groups -OCH3 is 1. The molecule has 0 spiro atoms. The number of aryl methyl sites for hydroxylation is 3. The van der Waals surface area contributed by atoms with E-state index in [1.807, 2.05) is 74.5 Å². The summed E-state index contributed by atoms with van der Waals surface area (Å²) in [5.74, 6) is -2.93. The third kappa shape index (κ3) is 28.0. The lowest BCUT2D eigenvalue weighted by atomic mass is 10.0. The molecule has 10 aromatic heterocycles. The fraction of sp³-hybridized carbons (Fsp3) is 0.133. The molecule has 0 aliphatic carbocycles. The summed E-state index contributed by atoms with van der Waals surface area (Å²) >= 11 is 7.56. The van der Waals surface area contributed by atoms with Gasteiger partial charge in [0.05, 0.1) is 113 Å². The Hall–Kier alpha value is -15.2. The van der Waals surface area contributed by atoms with Crippen molar-refractivity contribution in [3.05, 3.63) is 370 Å². The molecule has 123 heavy (non-hydrogen) atoms. The van der Waals surface area contributed by atoms with Crippen LogP contribution in [0.15, 0.2) is 269 Å². The number of Topliss-reactive ketones (excluding diaryl/α,β-unsaturated/α-hetero) is 5. The molecule has 0 fully saturated rings. The highest BCUT2D eigenvalue weighted by molar-refractivity contribution is 7.09. The van der Waals surface area contributed by atoms with Gasteiger partial charge in [-0.05, 0) is 129 Å². The molecule has 0 saturated heterocycles. The maximum absolute atomic E-state index is 13.9. The van der Waals surface area contributed by atoms with Crippen LogP contribution in [0.5, 0.6) is 51.9 Å². The zero-order valence-electron chi connectivity index (χ0n) is 66.4. The Kier molecular flexibility index (Phi) is 31.3. The van der Waals surface area contributed by atoms with Gasteiger partial charge in [-0.15, -0.1) is 11.3 Å². The van der Waals surface area contributed by atoms with Gasteiger partial charge in [0.15, 0.2) is 51.9 Å². The van der Waals surface area contributed by atoms with Gasteiger partial charge in [0.1, 0.15) is 82.8 Å². The Balaban J connectivity index is 0.000000150. The molecule has 15 aromatic rings. The minimum absolute atomic E-state index is 0.0224. The van der Waals surface area contributed by atoms with Crippen LogP contribution >= 0.6 is 22.9 Å². The van der Waals surface area contributed by atoms with Crippen LogP contribution in [-0.4, -0.2) is 118 Å². The molecule has 0 bridgehead atoms. The molecule has 0 amide bonds. The smallest absolute Gasteiger partial charge is 0.286 e. The average molecular weight is 1700 g/mol. The first-order valence-corrected chi connectivity index (χ1v) is 38.3. The van der Waals surface area contributed by atoms with Crippen LogP contribution < -0.4 is 28.6 Å². The summed E-state index contributed by atoms with van der Waals surface area (Å²) in [4.78, 5) is 124. The van der Waals surface area contributed by atoms with Crippen molar-refractivity contribution in [1.29, 1.82) is 0 Å². The summed E-state index contributed by atoms with van der Waals surface area (Å²) in [6.45, 7) is 6.52. The predicted molar refractivity (Wildman–Crippen MR) is 445 cm³/mol. The number of nitrogens with zero attached hydrogens (tertiary/aromatic N) is 16. The highest BCUT2D eigenvalue weighted by atomic mass is 35.5. The number of pyridine rings is 4. The number of alkyl halides is 2. The zero-order chi connectivity index (χ0) is 87.2. The summed E-state index contributed by atoms with van der Waals surface area (Å²) in [6, 6.07) is 40.4. The van der Waals surface area contributed by atoms with Gasteiger partial charge < -0.3 is 28.6 Å². The second-order valence-corrected chi connectivity index (χ2v) is 28.1. The number of ether oxygens (including phenoxy) is 5. The van der Waals surface area contributed by atoms with Crippen LogP contribution in [0.3, 0.4) is 0 Å². The van der Waals surface area contributed by atoms with E-state index in [2.05, 4.69) is 74.8 Å². The van der Waals surface area contributed by atoms with Crippen molar-refractivity contribution in [2.24, 2.45) is 0 Å². The number of hydrogen-bond donors (Lipinski definition) is 0. The average Bonchev–Trinajstić information content (AvgIpc) is 1.35. The predicted octanol–water partition coefficient (Wildman–Crippen LogP) is 18.6. The Morgan fingerprint density at radius 3 is 1.26 bits per heavy atom. The number of aromatic nitrogens is 15. The quantitative estimate of drug-likeness (QED) is 0.0341. The minimum atomic E-state index is -3.08. The minimum Gasteiger partial charge on any atom is -0.481 e. The van der Waals surface area contributed by atoms with Crippen molar-refractivity contribution in [2.45, 2.75) is 65.7 Å². The van der Waals surface area contributed by atoms with Crippen LogP contribution in [0.2, 0.25) is 5.02 Å². The van der Waals surface area contributed by atoms with E-state index in [-0.39, 0.29) is 105 Å². The SMILES string of the molecule is CC(F)(F)c1cccc(CC(=O)c2cc(Cl)cc(Oc3cncnc3)c2)n1.CN(c1cncnc1)c1cccc(C(=O)Cc2nccs2)c1.COc1cccc(CC(=O)c2cc(F)cc(Oc3cncnc3)c2)n1.Cc1ccc(CC(=O)c2cc(F)cc(Oc3cncnc3)c2)nc1.Cc1ccc(CC(=O)c2cc(F)cc(Oc3cncnc3)c2)nc1C. The van der Waals surface area contributed by atoms with Gasteiger partial charge in [0, 0.05) is 117 Å². The molecule has 10 heterocycles. The zero-order valence-corrected chi connectivity index (χ0v) is 67.9. The van der Waals surface area contributed by atoms with Crippen molar-refractivity contribution in [2.75, 3.05) is 19.1 Å². The molecule has 0 atom stereocenters. The third-order valence-electron chi connectivity index (χ3n) is 17.1. The first-order chi connectivity index (χ1) is 59.3. The molecule has 33 heteroatoms. The number of benzene rings is 5. The normalized spacial score (nSPS) is 10.6. The van der Waals surface area contributed by atoms with E-state index < -0.39 is 23.4 Å². The number of carbonyl (C=O) groups is 5. The standard InChI is InChI=1S/C19H14ClF2N3O2.C19H16FN3O2.C18H14FN3O3.C18H14FN3O2.C16H14N4OS/c1-19(21,22)18-4-2-3-14(25-18)8-17(26)12-5-13(20)7-15(6-12)27-16-9-23-11-24-10-16;1-12-3-4-16(23-13(12)2)8-19(24)14-5-15(20)7-17(6-14)25-18-9-21-11-22-10-18;1-24-18-4-2-3-14(22-18)8-17(23)12-5-13(19)7-15(6-12)25-16-9-20-11-21-10-16;1-12-2-3-15(22-8-12)7-18(23)13-4-14(19)6-16(5-13)24-17-9-20-11-21-10-17;1-20(14-9-17-11-18-10-14)13-4-2-3-12(7-13)15(21)8-16-19-5-6-22-16/h2-7,9-11H,8H2,1H3;3-7,9-11H,8H2,1-2H3;2-7,9-11H,8H2,1H3;2-6,8-11H,7H2,1H3;2-7,9-11H,8H2,1H3. The number of hydrogen-bond acceptors (Lipinski definition) is 27. The van der Waals surface area contributed by atoms with E-state index in [0.29, 0.717) is 68.7 Å². The van der Waals surface area contributed by atoms with Gasteiger partial charge in [-0.3, -0.25) is 38.9 Å². The summed E-state index contributed by atoms with van der Waals surface area (Å²) in [6.07, 6.45) is 25.9. The first-order valence-electron chi connectivity index (χ1n) is 37.1. The van der Waals surface area contributed by atoms with E-state index in [4.69, 9.17) is 35.3 Å². The van der Waals surface area contributed by atoms with Gasteiger partial charge in [0.25, 0.3) is 5.92 Å². The van der Waals surface area contributed by atoms with Crippen LogP contribution in [0.1, 0.15) is 109 Å². The molecule has 0 aliphatic heterocycles. The van der Waals surface area contributed by atoms with Crippen LogP contribution in [0, 0.1) is 38.2 Å². The van der Waals surface area contributed by atoms with Gasteiger partial charge in [0.2, 0.25) is 5.88 Å². The Morgan fingerprint density at radius 2 is 0.821 bits per heavy atom. The summed E-state index contributed by atoms with van der Waals surface area (Å²) in [5.41, 5.74) is 8.02. The molecular weight excluding hydrogens is 1630 g/mol. The highest BCUT2D eigenvalue weighted by Crippen LogP contribution is 2.32. The molecule has 620 valence electrons. The van der Waals surface area contributed by atoms with Gasteiger partial charge in [-0.2, -0.15) is 8.78 Å². The van der Waals surface area contributed by atoms with Crippen LogP contribution in [0.4, 0.5) is 33.3 Å². The number of anilines is 2. The Labute approximate surface area is 710 Å².